The van der Waals surface area contributed by atoms with Crippen molar-refractivity contribution >= 4 is 24.2 Å². The predicted octanol–water partition coefficient (Wildman–Crippen LogP) is 5.85. The zero-order chi connectivity index (χ0) is 21.3. The van der Waals surface area contributed by atoms with Crippen molar-refractivity contribution in [1.29, 1.82) is 0 Å². The molecular formula is C24H40BNO3. The smallest absolute Gasteiger partial charge is 0.399 e. The minimum atomic E-state index is -0.369. The van der Waals surface area contributed by atoms with Gasteiger partial charge in [0.25, 0.3) is 0 Å². The Morgan fingerprint density at radius 3 is 1.83 bits per heavy atom. The number of carbonyl (C=O) groups is 1. The van der Waals surface area contributed by atoms with Crippen LogP contribution in [0.15, 0.2) is 24.3 Å². The van der Waals surface area contributed by atoms with Crippen LogP contribution in [0.1, 0.15) is 98.8 Å². The maximum Gasteiger partial charge on any atom is 0.494 e. The van der Waals surface area contributed by atoms with Crippen LogP contribution in [0.3, 0.4) is 0 Å². The highest BCUT2D eigenvalue weighted by atomic mass is 16.7. The van der Waals surface area contributed by atoms with E-state index < -0.39 is 0 Å². The third kappa shape index (κ3) is 7.46. The second-order valence-electron chi connectivity index (χ2n) is 9.34. The van der Waals surface area contributed by atoms with Gasteiger partial charge in [-0.25, -0.2) is 0 Å². The SMILES string of the molecule is CCCCCCCCCCCC(=O)Nc1ccc(B2OC(C)(C)C(C)(C)O2)cc1. The topological polar surface area (TPSA) is 47.6 Å². The Hall–Kier alpha value is -1.33. The fourth-order valence-corrected chi connectivity index (χ4v) is 3.52. The summed E-state index contributed by atoms with van der Waals surface area (Å²) in [5.74, 6) is 0.0938. The van der Waals surface area contributed by atoms with Gasteiger partial charge in [-0.05, 0) is 51.7 Å². The molecule has 1 amide bonds. The van der Waals surface area contributed by atoms with Gasteiger partial charge in [0.05, 0.1) is 11.2 Å². The maximum absolute atomic E-state index is 12.2. The summed E-state index contributed by atoms with van der Waals surface area (Å²) in [6.45, 7) is 10.4. The van der Waals surface area contributed by atoms with Crippen LogP contribution in [-0.4, -0.2) is 24.2 Å². The van der Waals surface area contributed by atoms with Crippen molar-refractivity contribution in [3.8, 4) is 0 Å². The molecule has 5 heteroatoms. The Morgan fingerprint density at radius 2 is 1.31 bits per heavy atom. The van der Waals surface area contributed by atoms with Crippen molar-refractivity contribution in [2.45, 2.75) is 110 Å². The molecule has 1 saturated heterocycles. The minimum Gasteiger partial charge on any atom is -0.399 e. The highest BCUT2D eigenvalue weighted by Gasteiger charge is 2.51. The number of nitrogens with one attached hydrogen (secondary N) is 1. The quantitative estimate of drug-likeness (QED) is 0.353. The van der Waals surface area contributed by atoms with E-state index in [9.17, 15) is 4.79 Å². The van der Waals surface area contributed by atoms with Gasteiger partial charge in [-0.3, -0.25) is 4.79 Å². The van der Waals surface area contributed by atoms with Crippen LogP contribution in [0.25, 0.3) is 0 Å². The number of unbranched alkanes of at least 4 members (excludes halogenated alkanes) is 8. The standard InChI is InChI=1S/C24H40BNO3/c1-6-7-8-9-10-11-12-13-14-15-22(27)26-21-18-16-20(17-19-21)25-28-23(2,3)24(4,5)29-25/h16-19H,6-15H2,1-5H3,(H,26,27). The van der Waals surface area contributed by atoms with Crippen molar-refractivity contribution in [3.05, 3.63) is 24.3 Å². The van der Waals surface area contributed by atoms with Gasteiger partial charge in [0, 0.05) is 12.1 Å². The van der Waals surface area contributed by atoms with Gasteiger partial charge in [-0.2, -0.15) is 0 Å². The maximum atomic E-state index is 12.2. The molecule has 1 aliphatic heterocycles. The highest BCUT2D eigenvalue weighted by molar-refractivity contribution is 6.62. The Bertz CT molecular complexity index is 612. The van der Waals surface area contributed by atoms with Gasteiger partial charge in [0.2, 0.25) is 5.91 Å². The number of carbonyl (C=O) groups excluding carboxylic acids is 1. The Labute approximate surface area is 178 Å². The van der Waals surface area contributed by atoms with Crippen LogP contribution in [-0.2, 0) is 14.1 Å². The molecule has 0 saturated carbocycles. The van der Waals surface area contributed by atoms with Crippen molar-refractivity contribution in [2.24, 2.45) is 0 Å². The third-order valence-electron chi connectivity index (χ3n) is 6.23. The fourth-order valence-electron chi connectivity index (χ4n) is 3.52. The first-order valence-electron chi connectivity index (χ1n) is 11.5. The van der Waals surface area contributed by atoms with E-state index in [1.807, 2.05) is 52.0 Å². The molecule has 1 aromatic rings. The summed E-state index contributed by atoms with van der Waals surface area (Å²) in [6.07, 6.45) is 12.0. The summed E-state index contributed by atoms with van der Waals surface area (Å²) in [5, 5.41) is 3.00. The van der Waals surface area contributed by atoms with Gasteiger partial charge in [-0.1, -0.05) is 70.4 Å². The highest BCUT2D eigenvalue weighted by Crippen LogP contribution is 2.36. The molecular weight excluding hydrogens is 361 g/mol. The van der Waals surface area contributed by atoms with Crippen LogP contribution < -0.4 is 10.8 Å². The van der Waals surface area contributed by atoms with E-state index in [4.69, 9.17) is 9.31 Å². The van der Waals surface area contributed by atoms with E-state index in [-0.39, 0.29) is 24.2 Å². The number of hydrogen-bond acceptors (Lipinski definition) is 3. The van der Waals surface area contributed by atoms with E-state index in [1.165, 1.54) is 44.9 Å². The van der Waals surface area contributed by atoms with E-state index in [2.05, 4.69) is 12.2 Å². The molecule has 0 aromatic heterocycles. The lowest BCUT2D eigenvalue weighted by molar-refractivity contribution is -0.116. The molecule has 1 fully saturated rings. The molecule has 162 valence electrons. The first-order chi connectivity index (χ1) is 13.7. The Morgan fingerprint density at radius 1 is 0.828 bits per heavy atom. The molecule has 0 bridgehead atoms. The number of rotatable bonds is 12. The zero-order valence-corrected chi connectivity index (χ0v) is 19.2. The van der Waals surface area contributed by atoms with Crippen LogP contribution >= 0.6 is 0 Å². The Kier molecular flexibility index (Phi) is 9.23. The molecule has 1 N–H and O–H groups in total. The van der Waals surface area contributed by atoms with Gasteiger partial charge in [0.1, 0.15) is 0 Å². The van der Waals surface area contributed by atoms with Crippen LogP contribution in [0.4, 0.5) is 5.69 Å². The average molecular weight is 401 g/mol. The summed E-state index contributed by atoms with van der Waals surface area (Å²) in [5.41, 5.74) is 1.10. The van der Waals surface area contributed by atoms with Gasteiger partial charge >= 0.3 is 7.12 Å². The normalized spacial score (nSPS) is 17.5. The van der Waals surface area contributed by atoms with Gasteiger partial charge in [0.15, 0.2) is 0 Å². The number of hydrogen-bond donors (Lipinski definition) is 1. The molecule has 0 radical (unpaired) electrons. The van der Waals surface area contributed by atoms with E-state index in [0.29, 0.717) is 6.42 Å². The number of benzene rings is 1. The second kappa shape index (κ2) is 11.2. The summed E-state index contributed by atoms with van der Waals surface area (Å²) in [6, 6.07) is 7.79. The van der Waals surface area contributed by atoms with E-state index in [1.54, 1.807) is 0 Å². The molecule has 0 atom stereocenters. The molecule has 1 aliphatic rings. The lowest BCUT2D eigenvalue weighted by atomic mass is 9.79. The fraction of sp³-hybridized carbons (Fsp3) is 0.708. The van der Waals surface area contributed by atoms with E-state index >= 15 is 0 Å². The van der Waals surface area contributed by atoms with Crippen LogP contribution in [0, 0.1) is 0 Å². The first-order valence-corrected chi connectivity index (χ1v) is 11.5. The molecule has 4 nitrogen and oxygen atoms in total. The zero-order valence-electron chi connectivity index (χ0n) is 19.2. The van der Waals surface area contributed by atoms with Crippen molar-refractivity contribution in [1.82, 2.24) is 0 Å². The molecule has 0 aliphatic carbocycles. The lowest BCUT2D eigenvalue weighted by Crippen LogP contribution is -2.41. The van der Waals surface area contributed by atoms with E-state index in [0.717, 1.165) is 24.0 Å². The summed E-state index contributed by atoms with van der Waals surface area (Å²) in [4.78, 5) is 12.2. The number of amides is 1. The monoisotopic (exact) mass is 401 g/mol. The summed E-state index contributed by atoms with van der Waals surface area (Å²) >= 11 is 0. The molecule has 29 heavy (non-hydrogen) atoms. The summed E-state index contributed by atoms with van der Waals surface area (Å²) in [7, 11) is -0.369. The number of anilines is 1. The van der Waals surface area contributed by atoms with Crippen molar-refractivity contribution in [2.75, 3.05) is 5.32 Å². The van der Waals surface area contributed by atoms with Gasteiger partial charge in [-0.15, -0.1) is 0 Å². The minimum absolute atomic E-state index is 0.0938. The van der Waals surface area contributed by atoms with Crippen LogP contribution in [0.2, 0.25) is 0 Å². The average Bonchev–Trinajstić information content (AvgIpc) is 2.88. The first kappa shape index (κ1) is 23.9. The molecule has 2 rings (SSSR count). The van der Waals surface area contributed by atoms with Crippen molar-refractivity contribution < 1.29 is 14.1 Å². The molecule has 0 unspecified atom stereocenters. The molecule has 1 heterocycles. The molecule has 1 aromatic carbocycles. The third-order valence-corrected chi connectivity index (χ3v) is 6.23. The van der Waals surface area contributed by atoms with Gasteiger partial charge < -0.3 is 14.6 Å². The lowest BCUT2D eigenvalue weighted by Gasteiger charge is -2.32. The largest absolute Gasteiger partial charge is 0.494 e. The predicted molar refractivity (Wildman–Crippen MR) is 123 cm³/mol. The second-order valence-corrected chi connectivity index (χ2v) is 9.34. The van der Waals surface area contributed by atoms with Crippen LogP contribution in [0.5, 0.6) is 0 Å². The van der Waals surface area contributed by atoms with Crippen molar-refractivity contribution in [3.63, 3.8) is 0 Å². The summed E-state index contributed by atoms with van der Waals surface area (Å²) < 4.78 is 12.1. The molecule has 0 spiro atoms. The Balaban J connectivity index is 1.65.